The van der Waals surface area contributed by atoms with Crippen LogP contribution in [0.5, 0.6) is 0 Å². The first-order chi connectivity index (χ1) is 9.45. The van der Waals surface area contributed by atoms with Gasteiger partial charge in [0.1, 0.15) is 5.02 Å². The molecule has 0 aliphatic heterocycles. The third-order valence-corrected chi connectivity index (χ3v) is 4.44. The Balaban J connectivity index is 2.17. The summed E-state index contributed by atoms with van der Waals surface area (Å²) in [5.41, 5.74) is 0.573. The Morgan fingerprint density at radius 2 is 2.35 bits per heavy atom. The summed E-state index contributed by atoms with van der Waals surface area (Å²) in [6.45, 7) is 5.31. The summed E-state index contributed by atoms with van der Waals surface area (Å²) in [5.74, 6) is 0. The third kappa shape index (κ3) is 3.15. The van der Waals surface area contributed by atoms with Crippen LogP contribution < -0.4 is 10.9 Å². The van der Waals surface area contributed by atoms with Crippen molar-refractivity contribution < 1.29 is 4.74 Å². The van der Waals surface area contributed by atoms with E-state index in [1.54, 1.807) is 13.3 Å². The number of nitrogens with zero attached hydrogens (tertiary/aromatic N) is 2. The van der Waals surface area contributed by atoms with Gasteiger partial charge in [-0.15, -0.1) is 0 Å². The van der Waals surface area contributed by atoms with E-state index in [4.69, 9.17) is 16.3 Å². The van der Waals surface area contributed by atoms with Crippen LogP contribution in [0.1, 0.15) is 33.1 Å². The zero-order valence-corrected chi connectivity index (χ0v) is 13.0. The molecule has 1 aromatic rings. The van der Waals surface area contributed by atoms with Gasteiger partial charge in [-0.1, -0.05) is 31.9 Å². The van der Waals surface area contributed by atoms with Gasteiger partial charge in [0, 0.05) is 13.2 Å². The molecule has 1 fully saturated rings. The van der Waals surface area contributed by atoms with Gasteiger partial charge in [-0.2, -0.15) is 5.10 Å². The molecule has 1 heterocycles. The quantitative estimate of drug-likeness (QED) is 0.908. The van der Waals surface area contributed by atoms with Crippen LogP contribution in [0.3, 0.4) is 0 Å². The van der Waals surface area contributed by atoms with E-state index >= 15 is 0 Å². The second kappa shape index (κ2) is 6.14. The molecule has 1 saturated carbocycles. The minimum atomic E-state index is -0.274. The minimum absolute atomic E-state index is 0.207. The third-order valence-electron chi connectivity index (χ3n) is 4.08. The molecule has 2 rings (SSSR count). The molecular weight excluding hydrogens is 278 g/mol. The summed E-state index contributed by atoms with van der Waals surface area (Å²) >= 11 is 6.17. The number of rotatable bonds is 5. The molecule has 112 valence electrons. The number of anilines is 1. The smallest absolute Gasteiger partial charge is 0.287 e. The first kappa shape index (κ1) is 15.3. The molecule has 1 aromatic heterocycles. The number of hydrogen-bond acceptors (Lipinski definition) is 4. The Hall–Kier alpha value is -1.07. The number of aromatic nitrogens is 2. The molecule has 0 aromatic carbocycles. The number of ether oxygens (including phenoxy) is 1. The fraction of sp³-hybridized carbons (Fsp3) is 0.714. The number of hydrogen-bond donors (Lipinski definition) is 1. The molecular formula is C14H22ClN3O2. The van der Waals surface area contributed by atoms with Crippen molar-refractivity contribution in [3.8, 4) is 0 Å². The highest BCUT2D eigenvalue weighted by molar-refractivity contribution is 6.32. The van der Waals surface area contributed by atoms with Crippen molar-refractivity contribution in [1.82, 2.24) is 9.78 Å². The molecule has 1 aliphatic rings. The second-order valence-electron chi connectivity index (χ2n) is 5.97. The highest BCUT2D eigenvalue weighted by Gasteiger charge is 2.34. The highest BCUT2D eigenvalue weighted by atomic mass is 35.5. The lowest BCUT2D eigenvalue weighted by atomic mass is 9.87. The van der Waals surface area contributed by atoms with Crippen molar-refractivity contribution in [2.75, 3.05) is 19.0 Å². The van der Waals surface area contributed by atoms with Gasteiger partial charge in [-0.25, -0.2) is 4.68 Å². The number of nitrogens with one attached hydrogen (secondary N) is 1. The predicted molar refractivity (Wildman–Crippen MR) is 80.4 cm³/mol. The maximum Gasteiger partial charge on any atom is 0.287 e. The van der Waals surface area contributed by atoms with Crippen molar-refractivity contribution in [3.05, 3.63) is 21.6 Å². The van der Waals surface area contributed by atoms with Gasteiger partial charge >= 0.3 is 0 Å². The van der Waals surface area contributed by atoms with Gasteiger partial charge in [-0.3, -0.25) is 4.79 Å². The Morgan fingerprint density at radius 3 is 2.95 bits per heavy atom. The summed E-state index contributed by atoms with van der Waals surface area (Å²) in [6, 6.07) is 0.330. The molecule has 0 bridgehead atoms. The Labute approximate surface area is 124 Å². The Kier molecular flexibility index (Phi) is 4.70. The molecule has 20 heavy (non-hydrogen) atoms. The topological polar surface area (TPSA) is 56.1 Å². The lowest BCUT2D eigenvalue weighted by molar-refractivity contribution is 0.182. The van der Waals surface area contributed by atoms with Crippen LogP contribution in [0.2, 0.25) is 5.02 Å². The SMILES string of the molecule is COCCn1ncc(NC2CCCC2(C)C)c(Cl)c1=O. The van der Waals surface area contributed by atoms with Crippen molar-refractivity contribution in [2.24, 2.45) is 5.41 Å². The summed E-state index contributed by atoms with van der Waals surface area (Å²) in [7, 11) is 1.59. The Bertz CT molecular complexity index is 528. The van der Waals surface area contributed by atoms with Crippen molar-refractivity contribution in [2.45, 2.75) is 45.7 Å². The average molecular weight is 300 g/mol. The predicted octanol–water partition coefficient (Wildman–Crippen LogP) is 2.53. The molecule has 0 spiro atoms. The molecule has 1 aliphatic carbocycles. The van der Waals surface area contributed by atoms with Crippen molar-refractivity contribution in [1.29, 1.82) is 0 Å². The first-order valence-corrected chi connectivity index (χ1v) is 7.34. The zero-order chi connectivity index (χ0) is 14.8. The maximum atomic E-state index is 12.1. The zero-order valence-electron chi connectivity index (χ0n) is 12.3. The van der Waals surface area contributed by atoms with E-state index in [1.807, 2.05) is 0 Å². The molecule has 0 amide bonds. The van der Waals surface area contributed by atoms with E-state index in [2.05, 4.69) is 24.3 Å². The standard InChI is InChI=1S/C14H22ClN3O2/c1-14(2)6-4-5-11(14)17-10-9-16-18(7-8-20-3)13(19)12(10)15/h9,11,17H,4-8H2,1-3H3. The Morgan fingerprint density at radius 1 is 1.60 bits per heavy atom. The molecule has 1 unspecified atom stereocenters. The van der Waals surface area contributed by atoms with Crippen molar-refractivity contribution in [3.63, 3.8) is 0 Å². The van der Waals surface area contributed by atoms with E-state index in [0.29, 0.717) is 24.9 Å². The fourth-order valence-corrected chi connectivity index (χ4v) is 2.89. The summed E-state index contributed by atoms with van der Waals surface area (Å²) in [6.07, 6.45) is 5.10. The average Bonchev–Trinajstić information content (AvgIpc) is 2.73. The van der Waals surface area contributed by atoms with Gasteiger partial charge in [0.25, 0.3) is 5.56 Å². The summed E-state index contributed by atoms with van der Waals surface area (Å²) in [4.78, 5) is 12.1. The lowest BCUT2D eigenvalue weighted by Crippen LogP contribution is -2.33. The summed E-state index contributed by atoms with van der Waals surface area (Å²) in [5, 5.41) is 7.74. The molecule has 0 radical (unpaired) electrons. The summed E-state index contributed by atoms with van der Waals surface area (Å²) < 4.78 is 6.28. The minimum Gasteiger partial charge on any atom is -0.383 e. The monoisotopic (exact) mass is 299 g/mol. The van der Waals surface area contributed by atoms with E-state index < -0.39 is 0 Å². The van der Waals surface area contributed by atoms with E-state index in [-0.39, 0.29) is 16.0 Å². The van der Waals surface area contributed by atoms with Gasteiger partial charge in [0.2, 0.25) is 0 Å². The first-order valence-electron chi connectivity index (χ1n) is 6.97. The molecule has 1 N–H and O–H groups in total. The van der Waals surface area contributed by atoms with Gasteiger partial charge in [0.05, 0.1) is 25.0 Å². The molecule has 6 heteroatoms. The van der Waals surface area contributed by atoms with Gasteiger partial charge < -0.3 is 10.1 Å². The van der Waals surface area contributed by atoms with Crippen LogP contribution in [-0.2, 0) is 11.3 Å². The van der Waals surface area contributed by atoms with Crippen LogP contribution in [-0.4, -0.2) is 29.5 Å². The van der Waals surface area contributed by atoms with Crippen LogP contribution in [0.25, 0.3) is 0 Å². The van der Waals surface area contributed by atoms with E-state index in [0.717, 1.165) is 6.42 Å². The normalized spacial score (nSPS) is 21.1. The van der Waals surface area contributed by atoms with E-state index in [9.17, 15) is 4.79 Å². The van der Waals surface area contributed by atoms with Crippen LogP contribution in [0.15, 0.2) is 11.0 Å². The van der Waals surface area contributed by atoms with Crippen LogP contribution in [0.4, 0.5) is 5.69 Å². The highest BCUT2D eigenvalue weighted by Crippen LogP contribution is 2.39. The van der Waals surface area contributed by atoms with Gasteiger partial charge in [-0.05, 0) is 18.3 Å². The van der Waals surface area contributed by atoms with E-state index in [1.165, 1.54) is 17.5 Å². The van der Waals surface area contributed by atoms with Crippen molar-refractivity contribution >= 4 is 17.3 Å². The largest absolute Gasteiger partial charge is 0.383 e. The molecule has 5 nitrogen and oxygen atoms in total. The lowest BCUT2D eigenvalue weighted by Gasteiger charge is -2.28. The molecule has 1 atom stereocenters. The van der Waals surface area contributed by atoms with Gasteiger partial charge in [0.15, 0.2) is 0 Å². The maximum absolute atomic E-state index is 12.1. The van der Waals surface area contributed by atoms with Crippen LogP contribution in [0, 0.1) is 5.41 Å². The second-order valence-corrected chi connectivity index (χ2v) is 6.35. The molecule has 0 saturated heterocycles. The van der Waals surface area contributed by atoms with Crippen LogP contribution >= 0.6 is 11.6 Å². The number of methoxy groups -OCH3 is 1. The number of halogens is 1. The fourth-order valence-electron chi connectivity index (χ4n) is 2.68.